The molecule has 0 aromatic rings. The van der Waals surface area contributed by atoms with E-state index in [0.29, 0.717) is 13.0 Å². The Balaban J connectivity index is 2.56. The lowest BCUT2D eigenvalue weighted by Crippen LogP contribution is -2.53. The number of piperidine rings is 1. The molecular weight excluding hydrogens is 240 g/mol. The molecular formula is C11H20N2O3S. The van der Waals surface area contributed by atoms with E-state index in [1.54, 1.807) is 11.8 Å². The van der Waals surface area contributed by atoms with Crippen molar-refractivity contribution in [2.45, 2.75) is 38.3 Å². The third-order valence-electron chi connectivity index (χ3n) is 2.84. The van der Waals surface area contributed by atoms with E-state index >= 15 is 0 Å². The van der Waals surface area contributed by atoms with Crippen molar-refractivity contribution < 1.29 is 14.7 Å². The first-order valence-electron chi connectivity index (χ1n) is 5.85. The average Bonchev–Trinajstić information content (AvgIpc) is 2.29. The molecule has 0 aliphatic carbocycles. The van der Waals surface area contributed by atoms with Crippen LogP contribution in [0.2, 0.25) is 0 Å². The van der Waals surface area contributed by atoms with Crippen LogP contribution in [0, 0.1) is 0 Å². The van der Waals surface area contributed by atoms with Gasteiger partial charge in [0.1, 0.15) is 6.04 Å². The fraction of sp³-hybridized carbons (Fsp3) is 0.818. The zero-order valence-corrected chi connectivity index (χ0v) is 11.1. The molecule has 0 aromatic carbocycles. The Bertz CT molecular complexity index is 286. The Kier molecular flexibility index (Phi) is 5.61. The van der Waals surface area contributed by atoms with E-state index in [1.165, 1.54) is 4.90 Å². The van der Waals surface area contributed by atoms with Gasteiger partial charge in [-0.25, -0.2) is 9.59 Å². The van der Waals surface area contributed by atoms with E-state index in [0.717, 1.165) is 18.6 Å². The number of nitrogens with zero attached hydrogens (tertiary/aromatic N) is 1. The van der Waals surface area contributed by atoms with Gasteiger partial charge in [-0.3, -0.25) is 0 Å². The molecule has 1 saturated heterocycles. The van der Waals surface area contributed by atoms with Crippen LogP contribution in [0.4, 0.5) is 4.79 Å². The van der Waals surface area contributed by atoms with Gasteiger partial charge in [0, 0.05) is 18.3 Å². The van der Waals surface area contributed by atoms with Crippen molar-refractivity contribution in [1.29, 1.82) is 0 Å². The fourth-order valence-electron chi connectivity index (χ4n) is 2.02. The Labute approximate surface area is 106 Å². The van der Waals surface area contributed by atoms with Crippen molar-refractivity contribution in [2.24, 2.45) is 0 Å². The summed E-state index contributed by atoms with van der Waals surface area (Å²) in [6.07, 6.45) is 4.29. The Hall–Kier alpha value is -0.910. The van der Waals surface area contributed by atoms with Gasteiger partial charge >= 0.3 is 12.0 Å². The summed E-state index contributed by atoms with van der Waals surface area (Å²) in [6, 6.07) is -0.849. The first kappa shape index (κ1) is 14.2. The number of carbonyl (C=O) groups is 2. The summed E-state index contributed by atoms with van der Waals surface area (Å²) in [6.45, 7) is 2.46. The van der Waals surface area contributed by atoms with Crippen LogP contribution in [0.25, 0.3) is 0 Å². The van der Waals surface area contributed by atoms with Crippen molar-refractivity contribution in [3.8, 4) is 0 Å². The summed E-state index contributed by atoms with van der Waals surface area (Å²) >= 11 is 1.66. The van der Waals surface area contributed by atoms with Gasteiger partial charge in [0.25, 0.3) is 0 Å². The van der Waals surface area contributed by atoms with Crippen molar-refractivity contribution in [2.75, 3.05) is 18.6 Å². The first-order valence-corrected chi connectivity index (χ1v) is 7.24. The molecule has 1 fully saturated rings. The molecule has 17 heavy (non-hydrogen) atoms. The molecule has 2 unspecified atom stereocenters. The Morgan fingerprint density at radius 3 is 2.82 bits per heavy atom. The van der Waals surface area contributed by atoms with Crippen LogP contribution in [0.5, 0.6) is 0 Å². The van der Waals surface area contributed by atoms with Gasteiger partial charge in [-0.2, -0.15) is 11.8 Å². The molecule has 0 spiro atoms. The number of urea groups is 1. The molecule has 6 heteroatoms. The van der Waals surface area contributed by atoms with Crippen LogP contribution < -0.4 is 5.32 Å². The van der Waals surface area contributed by atoms with Gasteiger partial charge in [-0.1, -0.05) is 0 Å². The average molecular weight is 260 g/mol. The number of carbonyl (C=O) groups excluding carboxylic acids is 1. The molecule has 1 aliphatic heterocycles. The lowest BCUT2D eigenvalue weighted by atomic mass is 10.0. The predicted octanol–water partition coefficient (Wildman–Crippen LogP) is 1.39. The molecule has 0 saturated carbocycles. The molecule has 98 valence electrons. The highest BCUT2D eigenvalue weighted by Gasteiger charge is 2.32. The van der Waals surface area contributed by atoms with E-state index in [4.69, 9.17) is 5.11 Å². The SMILES string of the molecule is CSCC(C)NC(=O)N1CCCCC1C(=O)O. The summed E-state index contributed by atoms with van der Waals surface area (Å²) < 4.78 is 0. The number of carboxylic acid groups (broad SMARTS) is 1. The quantitative estimate of drug-likeness (QED) is 0.801. The Morgan fingerprint density at radius 1 is 1.53 bits per heavy atom. The number of rotatable bonds is 4. The van der Waals surface area contributed by atoms with E-state index in [2.05, 4.69) is 5.32 Å². The molecule has 2 atom stereocenters. The largest absolute Gasteiger partial charge is 0.480 e. The van der Waals surface area contributed by atoms with Crippen LogP contribution in [-0.2, 0) is 4.79 Å². The number of aliphatic carboxylic acids is 1. The van der Waals surface area contributed by atoms with Crippen LogP contribution in [0.15, 0.2) is 0 Å². The minimum absolute atomic E-state index is 0.0638. The van der Waals surface area contributed by atoms with Crippen molar-refractivity contribution in [1.82, 2.24) is 10.2 Å². The summed E-state index contributed by atoms with van der Waals surface area (Å²) in [5.41, 5.74) is 0. The summed E-state index contributed by atoms with van der Waals surface area (Å²) in [5, 5.41) is 11.9. The number of hydrogen-bond donors (Lipinski definition) is 2. The van der Waals surface area contributed by atoms with Gasteiger partial charge in [-0.05, 0) is 32.4 Å². The number of carboxylic acids is 1. The fourth-order valence-corrected chi connectivity index (χ4v) is 2.60. The lowest BCUT2D eigenvalue weighted by molar-refractivity contribution is -0.143. The van der Waals surface area contributed by atoms with E-state index in [-0.39, 0.29) is 12.1 Å². The van der Waals surface area contributed by atoms with Gasteiger partial charge < -0.3 is 15.3 Å². The highest BCUT2D eigenvalue weighted by atomic mass is 32.2. The highest BCUT2D eigenvalue weighted by Crippen LogP contribution is 2.17. The highest BCUT2D eigenvalue weighted by molar-refractivity contribution is 7.98. The zero-order chi connectivity index (χ0) is 12.8. The van der Waals surface area contributed by atoms with E-state index < -0.39 is 12.0 Å². The molecule has 0 bridgehead atoms. The second-order valence-corrected chi connectivity index (χ2v) is 5.26. The number of likely N-dealkylation sites (tertiary alicyclic amines) is 1. The monoisotopic (exact) mass is 260 g/mol. The molecule has 1 heterocycles. The first-order chi connectivity index (χ1) is 8.06. The van der Waals surface area contributed by atoms with Crippen molar-refractivity contribution >= 4 is 23.8 Å². The molecule has 1 aliphatic rings. The van der Waals surface area contributed by atoms with Crippen LogP contribution in [-0.4, -0.2) is 52.6 Å². The lowest BCUT2D eigenvalue weighted by Gasteiger charge is -2.33. The number of thioether (sulfide) groups is 1. The molecule has 5 nitrogen and oxygen atoms in total. The maximum absolute atomic E-state index is 11.9. The number of hydrogen-bond acceptors (Lipinski definition) is 3. The molecule has 2 N–H and O–H groups in total. The molecule has 0 aromatic heterocycles. The van der Waals surface area contributed by atoms with Gasteiger partial charge in [0.15, 0.2) is 0 Å². The molecule has 1 rings (SSSR count). The van der Waals surface area contributed by atoms with Crippen LogP contribution in [0.1, 0.15) is 26.2 Å². The van der Waals surface area contributed by atoms with E-state index in [1.807, 2.05) is 13.2 Å². The zero-order valence-electron chi connectivity index (χ0n) is 10.3. The Morgan fingerprint density at radius 2 is 2.24 bits per heavy atom. The second kappa shape index (κ2) is 6.74. The van der Waals surface area contributed by atoms with Gasteiger partial charge in [-0.15, -0.1) is 0 Å². The standard InChI is InChI=1S/C11H20N2O3S/c1-8(7-17-2)12-11(16)13-6-4-3-5-9(13)10(14)15/h8-9H,3-7H2,1-2H3,(H,12,16)(H,14,15). The van der Waals surface area contributed by atoms with E-state index in [9.17, 15) is 9.59 Å². The maximum Gasteiger partial charge on any atom is 0.326 e. The van der Waals surface area contributed by atoms with Crippen molar-refractivity contribution in [3.63, 3.8) is 0 Å². The summed E-state index contributed by atoms with van der Waals surface area (Å²) in [7, 11) is 0. The predicted molar refractivity (Wildman–Crippen MR) is 68.4 cm³/mol. The second-order valence-electron chi connectivity index (χ2n) is 4.35. The minimum Gasteiger partial charge on any atom is -0.480 e. The minimum atomic E-state index is -0.905. The summed E-state index contributed by atoms with van der Waals surface area (Å²) in [4.78, 5) is 24.4. The number of amides is 2. The van der Waals surface area contributed by atoms with Gasteiger partial charge in [0.2, 0.25) is 0 Å². The topological polar surface area (TPSA) is 69.6 Å². The smallest absolute Gasteiger partial charge is 0.326 e. The maximum atomic E-state index is 11.9. The van der Waals surface area contributed by atoms with Crippen molar-refractivity contribution in [3.05, 3.63) is 0 Å². The van der Waals surface area contributed by atoms with Gasteiger partial charge in [0.05, 0.1) is 0 Å². The normalized spacial score (nSPS) is 22.0. The van der Waals surface area contributed by atoms with Crippen LogP contribution >= 0.6 is 11.8 Å². The third kappa shape index (κ3) is 4.11. The molecule has 0 radical (unpaired) electrons. The van der Waals surface area contributed by atoms with Crippen LogP contribution in [0.3, 0.4) is 0 Å². The molecule has 2 amide bonds. The number of nitrogens with one attached hydrogen (secondary N) is 1. The summed E-state index contributed by atoms with van der Waals surface area (Å²) in [5.74, 6) is -0.0745. The third-order valence-corrected chi connectivity index (χ3v) is 3.67.